The van der Waals surface area contributed by atoms with Gasteiger partial charge in [0.15, 0.2) is 0 Å². The molecule has 114 valence electrons. The molecule has 1 heterocycles. The maximum absolute atomic E-state index is 12.2. The molecule has 2 N–H and O–H groups in total. The molecule has 1 atom stereocenters. The van der Waals surface area contributed by atoms with Crippen LogP contribution in [0.2, 0.25) is 0 Å². The van der Waals surface area contributed by atoms with E-state index in [9.17, 15) is 9.59 Å². The van der Waals surface area contributed by atoms with Crippen molar-refractivity contribution in [3.63, 3.8) is 0 Å². The molecule has 7 nitrogen and oxygen atoms in total. The number of carbonyl (C=O) groups excluding carboxylic acids is 1. The van der Waals surface area contributed by atoms with Crippen molar-refractivity contribution in [3.05, 3.63) is 23.8 Å². The summed E-state index contributed by atoms with van der Waals surface area (Å²) in [6, 6.07) is 4.02. The average Bonchev–Trinajstić information content (AvgIpc) is 2.47. The van der Waals surface area contributed by atoms with E-state index >= 15 is 0 Å². The monoisotopic (exact) mass is 294 g/mol. The van der Waals surface area contributed by atoms with E-state index in [2.05, 4.69) is 5.32 Å². The molecule has 1 aromatic carbocycles. The van der Waals surface area contributed by atoms with Gasteiger partial charge in [-0.2, -0.15) is 0 Å². The molecule has 1 unspecified atom stereocenters. The molecule has 1 saturated heterocycles. The predicted octanol–water partition coefficient (Wildman–Crippen LogP) is 1.65. The first-order chi connectivity index (χ1) is 10.0. The van der Waals surface area contributed by atoms with Gasteiger partial charge in [0.05, 0.1) is 31.1 Å². The van der Waals surface area contributed by atoms with Crippen molar-refractivity contribution in [2.45, 2.75) is 13.0 Å². The lowest BCUT2D eigenvalue weighted by molar-refractivity contribution is -0.00139. The van der Waals surface area contributed by atoms with Crippen LogP contribution in [0.4, 0.5) is 10.5 Å². The Morgan fingerprint density at radius 2 is 2.24 bits per heavy atom. The van der Waals surface area contributed by atoms with Gasteiger partial charge < -0.3 is 24.8 Å². The van der Waals surface area contributed by atoms with E-state index < -0.39 is 5.97 Å². The molecule has 7 heteroatoms. The van der Waals surface area contributed by atoms with Crippen LogP contribution in [0.25, 0.3) is 0 Å². The molecule has 0 aromatic heterocycles. The smallest absolute Gasteiger partial charge is 0.335 e. The van der Waals surface area contributed by atoms with Crippen LogP contribution in [0.5, 0.6) is 5.75 Å². The Morgan fingerprint density at radius 3 is 2.86 bits per heavy atom. The minimum atomic E-state index is -1.06. The highest BCUT2D eigenvalue weighted by Gasteiger charge is 2.22. The number of hydrogen-bond donors (Lipinski definition) is 2. The number of urea groups is 1. The van der Waals surface area contributed by atoms with Crippen LogP contribution in [0.15, 0.2) is 18.2 Å². The molecule has 1 aliphatic rings. The lowest BCUT2D eigenvalue weighted by atomic mass is 10.2. The Morgan fingerprint density at radius 1 is 1.48 bits per heavy atom. The fraction of sp³-hybridized carbons (Fsp3) is 0.429. The Labute approximate surface area is 122 Å². The quantitative estimate of drug-likeness (QED) is 0.885. The summed E-state index contributed by atoms with van der Waals surface area (Å²) >= 11 is 0. The van der Waals surface area contributed by atoms with Gasteiger partial charge in [-0.3, -0.25) is 0 Å². The molecule has 1 aliphatic heterocycles. The number of methoxy groups -OCH3 is 1. The molecule has 0 bridgehead atoms. The summed E-state index contributed by atoms with van der Waals surface area (Å²) in [6.07, 6.45) is -0.0169. The van der Waals surface area contributed by atoms with Crippen molar-refractivity contribution >= 4 is 17.7 Å². The number of carboxylic acids is 1. The number of nitrogens with one attached hydrogen (secondary N) is 1. The Balaban J connectivity index is 2.15. The number of rotatable bonds is 3. The normalized spacial score (nSPS) is 18.2. The first kappa shape index (κ1) is 15.1. The van der Waals surface area contributed by atoms with Crippen molar-refractivity contribution < 1.29 is 24.2 Å². The summed E-state index contributed by atoms with van der Waals surface area (Å²) in [6.45, 7) is 3.37. The van der Waals surface area contributed by atoms with E-state index in [0.29, 0.717) is 31.1 Å². The molecule has 21 heavy (non-hydrogen) atoms. The van der Waals surface area contributed by atoms with Crippen molar-refractivity contribution in [3.8, 4) is 5.75 Å². The minimum Gasteiger partial charge on any atom is -0.495 e. The number of ether oxygens (including phenoxy) is 2. The molecule has 0 saturated carbocycles. The van der Waals surface area contributed by atoms with E-state index in [4.69, 9.17) is 14.6 Å². The number of nitrogens with zero attached hydrogens (tertiary/aromatic N) is 1. The highest BCUT2D eigenvalue weighted by atomic mass is 16.5. The van der Waals surface area contributed by atoms with Gasteiger partial charge in [-0.1, -0.05) is 0 Å². The van der Waals surface area contributed by atoms with E-state index in [1.807, 2.05) is 6.92 Å². The van der Waals surface area contributed by atoms with Gasteiger partial charge in [0.2, 0.25) is 0 Å². The lowest BCUT2D eigenvalue weighted by Gasteiger charge is -2.31. The Kier molecular flexibility index (Phi) is 4.64. The van der Waals surface area contributed by atoms with Crippen molar-refractivity contribution in [2.24, 2.45) is 0 Å². The van der Waals surface area contributed by atoms with Gasteiger partial charge in [0.25, 0.3) is 0 Å². The predicted molar refractivity (Wildman–Crippen MR) is 76.0 cm³/mol. The number of aromatic carboxylic acids is 1. The van der Waals surface area contributed by atoms with Crippen molar-refractivity contribution in [2.75, 3.05) is 32.1 Å². The zero-order chi connectivity index (χ0) is 15.4. The van der Waals surface area contributed by atoms with Crippen molar-refractivity contribution in [1.82, 2.24) is 4.90 Å². The summed E-state index contributed by atoms with van der Waals surface area (Å²) in [5.41, 5.74) is 0.419. The fourth-order valence-corrected chi connectivity index (χ4v) is 2.14. The third kappa shape index (κ3) is 3.63. The highest BCUT2D eigenvalue weighted by Crippen LogP contribution is 2.26. The van der Waals surface area contributed by atoms with Gasteiger partial charge in [-0.15, -0.1) is 0 Å². The van der Waals surface area contributed by atoms with Gasteiger partial charge in [0, 0.05) is 13.1 Å². The van der Waals surface area contributed by atoms with Crippen LogP contribution in [-0.2, 0) is 4.74 Å². The summed E-state index contributed by atoms with van der Waals surface area (Å²) in [7, 11) is 1.46. The summed E-state index contributed by atoms with van der Waals surface area (Å²) < 4.78 is 10.5. The zero-order valence-corrected chi connectivity index (χ0v) is 12.0. The van der Waals surface area contributed by atoms with Gasteiger partial charge in [-0.05, 0) is 25.1 Å². The first-order valence-corrected chi connectivity index (χ1v) is 6.60. The van der Waals surface area contributed by atoms with Gasteiger partial charge >= 0.3 is 12.0 Å². The SMILES string of the molecule is COc1ccc(C(=O)O)cc1NC(=O)N1CCOC(C)C1. The molecule has 1 fully saturated rings. The molecular formula is C14H18N2O5. The maximum Gasteiger partial charge on any atom is 0.335 e. The van der Waals surface area contributed by atoms with E-state index in [1.165, 1.54) is 25.3 Å². The number of amides is 2. The number of benzene rings is 1. The van der Waals surface area contributed by atoms with Crippen LogP contribution in [0.3, 0.4) is 0 Å². The average molecular weight is 294 g/mol. The lowest BCUT2D eigenvalue weighted by Crippen LogP contribution is -2.46. The number of morpholine rings is 1. The highest BCUT2D eigenvalue weighted by molar-refractivity contribution is 5.94. The maximum atomic E-state index is 12.2. The van der Waals surface area contributed by atoms with Crippen LogP contribution in [0.1, 0.15) is 17.3 Å². The topological polar surface area (TPSA) is 88.1 Å². The van der Waals surface area contributed by atoms with E-state index in [1.54, 1.807) is 4.90 Å². The zero-order valence-electron chi connectivity index (χ0n) is 12.0. The molecule has 2 rings (SSSR count). The number of anilines is 1. The number of carbonyl (C=O) groups is 2. The standard InChI is InChI=1S/C14H18N2O5/c1-9-8-16(5-6-21-9)14(19)15-11-7-10(13(17)18)3-4-12(11)20-2/h3-4,7,9H,5-6,8H2,1-2H3,(H,15,19)(H,17,18). The van der Waals surface area contributed by atoms with Gasteiger partial charge in [-0.25, -0.2) is 9.59 Å². The fourth-order valence-electron chi connectivity index (χ4n) is 2.14. The van der Waals surface area contributed by atoms with Gasteiger partial charge in [0.1, 0.15) is 5.75 Å². The molecular weight excluding hydrogens is 276 g/mol. The number of carboxylic acid groups (broad SMARTS) is 1. The Bertz CT molecular complexity index is 546. The molecule has 0 radical (unpaired) electrons. The second-order valence-corrected chi connectivity index (χ2v) is 4.78. The number of hydrogen-bond acceptors (Lipinski definition) is 4. The largest absolute Gasteiger partial charge is 0.495 e. The second-order valence-electron chi connectivity index (χ2n) is 4.78. The van der Waals surface area contributed by atoms with Crippen LogP contribution >= 0.6 is 0 Å². The van der Waals surface area contributed by atoms with Crippen LogP contribution < -0.4 is 10.1 Å². The molecule has 2 amide bonds. The van der Waals surface area contributed by atoms with E-state index in [-0.39, 0.29) is 17.7 Å². The molecule has 0 aliphatic carbocycles. The molecule has 1 aromatic rings. The first-order valence-electron chi connectivity index (χ1n) is 6.60. The minimum absolute atomic E-state index is 0.0169. The van der Waals surface area contributed by atoms with E-state index in [0.717, 1.165) is 0 Å². The summed E-state index contributed by atoms with van der Waals surface area (Å²) in [5.74, 6) is -0.650. The third-order valence-corrected chi connectivity index (χ3v) is 3.22. The Hall–Kier alpha value is -2.28. The third-order valence-electron chi connectivity index (χ3n) is 3.22. The summed E-state index contributed by atoms with van der Waals surface area (Å²) in [5, 5.41) is 11.7. The van der Waals surface area contributed by atoms with Crippen LogP contribution in [0, 0.1) is 0 Å². The second kappa shape index (κ2) is 6.45. The van der Waals surface area contributed by atoms with Crippen LogP contribution in [-0.4, -0.2) is 54.9 Å². The summed E-state index contributed by atoms with van der Waals surface area (Å²) in [4.78, 5) is 24.8. The van der Waals surface area contributed by atoms with Crippen molar-refractivity contribution in [1.29, 1.82) is 0 Å². The molecule has 0 spiro atoms.